The Hall–Kier alpha value is -1.29. The van der Waals surface area contributed by atoms with Crippen LogP contribution < -0.4 is 5.73 Å². The van der Waals surface area contributed by atoms with Crippen molar-refractivity contribution in [2.24, 2.45) is 17.6 Å². The van der Waals surface area contributed by atoms with Crippen LogP contribution in [0, 0.1) is 11.8 Å². The Morgan fingerprint density at radius 3 is 2.38 bits per heavy atom. The molecule has 12 heteroatoms. The average molecular weight is 730 g/mol. The molecule has 10 heterocycles. The van der Waals surface area contributed by atoms with Gasteiger partial charge in [0.25, 0.3) is 0 Å². The van der Waals surface area contributed by atoms with Gasteiger partial charge in [-0.2, -0.15) is 0 Å². The number of rotatable bonds is 4. The molecule has 0 aromatic carbocycles. The fourth-order valence-corrected chi connectivity index (χ4v) is 11.3. The number of Topliss-reactive ketones (excluding diaryl/α,β-unsaturated/α-hetero) is 1. The Bertz CT molecular complexity index is 1380. The summed E-state index contributed by atoms with van der Waals surface area (Å²) >= 11 is 0. The summed E-state index contributed by atoms with van der Waals surface area (Å²) in [5.41, 5.74) is 8.01. The van der Waals surface area contributed by atoms with Crippen LogP contribution in [0.2, 0.25) is 0 Å². The van der Waals surface area contributed by atoms with Gasteiger partial charge in [0.05, 0.1) is 67.1 Å². The molecule has 0 aliphatic carbocycles. The number of methoxy groups -OCH3 is 1. The lowest BCUT2D eigenvalue weighted by molar-refractivity contribution is -0.292. The highest BCUT2D eigenvalue weighted by Gasteiger charge is 2.68. The van der Waals surface area contributed by atoms with E-state index in [1.54, 1.807) is 7.11 Å². The SMILES string of the molecule is C=C1C[C@@H]2CC[C@@]34C[C@H]5O[C@H]6[C@@H](O3)[C@H]3O[C@H](CC[C@@H]3O[C@H]6C5O4)CC(=O)CC3C(C[C@H]4O[C@@H](CC[C@@H]1O2)C[C@@H](C)C4=C)O[C@H](CC(O)CN)[C@@H]3OC. The molecule has 0 aromatic heterocycles. The van der Waals surface area contributed by atoms with E-state index in [2.05, 4.69) is 20.1 Å². The molecule has 10 saturated heterocycles. The third-order valence-corrected chi connectivity index (χ3v) is 14.0. The molecule has 290 valence electrons. The number of carbonyl (C=O) groups is 1. The zero-order valence-corrected chi connectivity index (χ0v) is 30.8. The molecule has 10 rings (SSSR count). The van der Waals surface area contributed by atoms with E-state index in [0.29, 0.717) is 25.7 Å². The molecule has 12 nitrogen and oxygen atoms in total. The van der Waals surface area contributed by atoms with Crippen molar-refractivity contribution in [2.75, 3.05) is 13.7 Å². The quantitative estimate of drug-likeness (QED) is 0.409. The summed E-state index contributed by atoms with van der Waals surface area (Å²) in [4.78, 5) is 14.1. The van der Waals surface area contributed by atoms with Gasteiger partial charge in [0.2, 0.25) is 0 Å². The Morgan fingerprint density at radius 2 is 1.56 bits per heavy atom. The Morgan fingerprint density at radius 1 is 0.808 bits per heavy atom. The Labute approximate surface area is 307 Å². The summed E-state index contributed by atoms with van der Waals surface area (Å²) < 4.78 is 60.0. The van der Waals surface area contributed by atoms with Crippen LogP contribution in [0.4, 0.5) is 0 Å². The average Bonchev–Trinajstić information content (AvgIpc) is 3.79. The van der Waals surface area contributed by atoms with E-state index in [9.17, 15) is 9.90 Å². The molecule has 12 bridgehead atoms. The van der Waals surface area contributed by atoms with Crippen molar-refractivity contribution in [3.8, 4) is 0 Å². The third kappa shape index (κ3) is 6.59. The Kier molecular flexibility index (Phi) is 10.0. The number of hydrogen-bond donors (Lipinski definition) is 2. The van der Waals surface area contributed by atoms with Gasteiger partial charge in [-0.15, -0.1) is 0 Å². The van der Waals surface area contributed by atoms with Crippen molar-refractivity contribution >= 4 is 5.78 Å². The monoisotopic (exact) mass is 729 g/mol. The first-order chi connectivity index (χ1) is 25.1. The summed E-state index contributed by atoms with van der Waals surface area (Å²) in [6, 6.07) is 0. The molecule has 10 aliphatic rings. The standard InChI is InChI=1S/C40H59NO11/c1-19-11-24-5-7-28-20(2)12-26(45-28)9-10-40-17-33-36(51-40)37-38(50-33)39(52-40)35-29(49-37)8-6-25(47-35)13-22(42)14-27-31(16-30(46-24)21(19)3)48-32(34(27)44-4)15-23(43)18-41/h19,23-39,43H,2-3,5-18,41H2,1,4H3/t19-,23?,24+,25-,26+,27?,28+,29+,30-,31?,32-,33-,34-,35+,36?,37+,38-,39+,40+/m1/s1. The lowest BCUT2D eigenvalue weighted by Gasteiger charge is -2.47. The summed E-state index contributed by atoms with van der Waals surface area (Å²) in [6.45, 7) is 11.3. The highest BCUT2D eigenvalue weighted by atomic mass is 16.8. The molecule has 10 aliphatic heterocycles. The fourth-order valence-electron chi connectivity index (χ4n) is 11.3. The second-order valence-electron chi connectivity index (χ2n) is 17.4. The minimum Gasteiger partial charge on any atom is -0.392 e. The minimum absolute atomic E-state index is 0.0158. The highest BCUT2D eigenvalue weighted by Crippen LogP contribution is 2.54. The van der Waals surface area contributed by atoms with Crippen molar-refractivity contribution in [1.29, 1.82) is 0 Å². The number of fused-ring (bicyclic) bond motifs is 6. The van der Waals surface area contributed by atoms with Gasteiger partial charge in [-0.3, -0.25) is 4.79 Å². The topological polar surface area (TPSA) is 146 Å². The van der Waals surface area contributed by atoms with Crippen molar-refractivity contribution < 1.29 is 52.5 Å². The largest absolute Gasteiger partial charge is 0.392 e. The highest BCUT2D eigenvalue weighted by molar-refractivity contribution is 5.79. The predicted octanol–water partition coefficient (Wildman–Crippen LogP) is 3.44. The molecule has 0 amide bonds. The lowest BCUT2D eigenvalue weighted by atomic mass is 9.81. The molecule has 1 spiro atoms. The first-order valence-corrected chi connectivity index (χ1v) is 20.2. The minimum atomic E-state index is -0.780. The van der Waals surface area contributed by atoms with Crippen LogP contribution in [0.5, 0.6) is 0 Å². The molecular formula is C40H59NO11. The molecule has 4 unspecified atom stereocenters. The maximum Gasteiger partial charge on any atom is 0.172 e. The van der Waals surface area contributed by atoms with Gasteiger partial charge in [-0.1, -0.05) is 20.1 Å². The fraction of sp³-hybridized carbons (Fsp3) is 0.875. The second kappa shape index (κ2) is 14.3. The molecule has 0 radical (unpaired) electrons. The second-order valence-corrected chi connectivity index (χ2v) is 17.4. The molecule has 52 heavy (non-hydrogen) atoms. The van der Waals surface area contributed by atoms with Crippen LogP contribution >= 0.6 is 0 Å². The van der Waals surface area contributed by atoms with E-state index in [4.69, 9.17) is 48.4 Å². The smallest absolute Gasteiger partial charge is 0.172 e. The number of nitrogens with two attached hydrogens (primary N) is 1. The van der Waals surface area contributed by atoms with Crippen LogP contribution in [0.3, 0.4) is 0 Å². The molecular weight excluding hydrogens is 670 g/mol. The van der Waals surface area contributed by atoms with Gasteiger partial charge in [0, 0.05) is 58.1 Å². The molecule has 3 N–H and O–H groups in total. The summed E-state index contributed by atoms with van der Waals surface area (Å²) in [6.07, 6.45) is 4.85. The number of aliphatic hydroxyl groups is 1. The summed E-state index contributed by atoms with van der Waals surface area (Å²) in [5, 5.41) is 10.5. The van der Waals surface area contributed by atoms with Crippen molar-refractivity contribution in [3.05, 3.63) is 24.3 Å². The number of ketones is 1. The summed E-state index contributed by atoms with van der Waals surface area (Å²) in [7, 11) is 1.66. The van der Waals surface area contributed by atoms with E-state index >= 15 is 0 Å². The molecule has 0 saturated carbocycles. The van der Waals surface area contributed by atoms with Crippen LogP contribution in [0.15, 0.2) is 24.3 Å². The van der Waals surface area contributed by atoms with E-state index < -0.39 is 18.0 Å². The number of carbonyl (C=O) groups excluding carboxylic acids is 1. The van der Waals surface area contributed by atoms with Gasteiger partial charge < -0.3 is 53.5 Å². The van der Waals surface area contributed by atoms with Crippen molar-refractivity contribution in [2.45, 2.75) is 194 Å². The van der Waals surface area contributed by atoms with Gasteiger partial charge >= 0.3 is 0 Å². The van der Waals surface area contributed by atoms with Gasteiger partial charge in [-0.25, -0.2) is 0 Å². The molecule has 19 atom stereocenters. The van der Waals surface area contributed by atoms with Gasteiger partial charge in [-0.05, 0) is 62.0 Å². The van der Waals surface area contributed by atoms with E-state index in [1.807, 2.05) is 0 Å². The van der Waals surface area contributed by atoms with E-state index in [-0.39, 0.29) is 122 Å². The maximum atomic E-state index is 14.1. The first kappa shape index (κ1) is 36.4. The number of ether oxygens (including phenoxy) is 9. The zero-order valence-electron chi connectivity index (χ0n) is 30.8. The van der Waals surface area contributed by atoms with Crippen molar-refractivity contribution in [1.82, 2.24) is 0 Å². The predicted molar refractivity (Wildman–Crippen MR) is 186 cm³/mol. The van der Waals surface area contributed by atoms with Crippen LogP contribution in [-0.2, 0) is 47.4 Å². The first-order valence-electron chi connectivity index (χ1n) is 20.2. The Balaban J connectivity index is 0.994. The number of aliphatic hydroxyl groups excluding tert-OH is 1. The van der Waals surface area contributed by atoms with Crippen LogP contribution in [0.1, 0.15) is 90.4 Å². The maximum absolute atomic E-state index is 14.1. The van der Waals surface area contributed by atoms with Crippen molar-refractivity contribution in [3.63, 3.8) is 0 Å². The van der Waals surface area contributed by atoms with Gasteiger partial charge in [0.1, 0.15) is 36.3 Å². The molecule has 0 aromatic rings. The third-order valence-electron chi connectivity index (χ3n) is 14.0. The normalized spacial score (nSPS) is 52.4. The number of hydrogen-bond acceptors (Lipinski definition) is 12. The molecule has 10 fully saturated rings. The lowest BCUT2D eigenvalue weighted by Crippen LogP contribution is -2.61. The van der Waals surface area contributed by atoms with E-state index in [1.165, 1.54) is 0 Å². The van der Waals surface area contributed by atoms with Crippen LogP contribution in [0.25, 0.3) is 0 Å². The zero-order chi connectivity index (χ0) is 35.9. The summed E-state index contributed by atoms with van der Waals surface area (Å²) in [5.74, 6) is -0.619. The van der Waals surface area contributed by atoms with Gasteiger partial charge in [0.15, 0.2) is 5.79 Å². The van der Waals surface area contributed by atoms with E-state index in [0.717, 1.165) is 56.1 Å². The van der Waals surface area contributed by atoms with Crippen LogP contribution in [-0.4, -0.2) is 128 Å².